The SMILES string of the molecule is CCc1cccc2c(=O)c3c(C)cc(C)c(C)c3oc12.O=C[O-].[Na+]. The standard InChI is InChI=1S/C18H18O2.CH2O2.Na/c1-5-13-7-6-8-14-16(19)15-11(3)9-10(2)12(4)17(15)20-18(13)14;2-1-3;/h6-9H,5H2,1-4H3;1H,(H,2,3);/q;;+1/p-1. The number of hydrogen-bond acceptors (Lipinski definition) is 4. The van der Waals surface area contributed by atoms with Gasteiger partial charge in [0.25, 0.3) is 0 Å². The molecule has 5 heteroatoms. The van der Waals surface area contributed by atoms with Crippen LogP contribution in [0.2, 0.25) is 0 Å². The van der Waals surface area contributed by atoms with Crippen LogP contribution in [0.3, 0.4) is 0 Å². The molecular weight excluding hydrogens is 315 g/mol. The van der Waals surface area contributed by atoms with Crippen LogP contribution in [0.4, 0.5) is 0 Å². The summed E-state index contributed by atoms with van der Waals surface area (Å²) in [6.07, 6.45) is 0.857. The summed E-state index contributed by atoms with van der Waals surface area (Å²) in [4.78, 5) is 21.0. The number of fused-ring (bicyclic) bond motifs is 2. The first kappa shape index (κ1) is 20.4. The van der Waals surface area contributed by atoms with Crippen LogP contribution in [-0.4, -0.2) is 6.47 Å². The fraction of sp³-hybridized carbons (Fsp3) is 0.263. The van der Waals surface area contributed by atoms with E-state index in [1.807, 2.05) is 32.0 Å². The first-order valence-corrected chi connectivity index (χ1v) is 7.47. The van der Waals surface area contributed by atoms with Crippen LogP contribution in [0.15, 0.2) is 33.5 Å². The molecule has 4 nitrogen and oxygen atoms in total. The van der Waals surface area contributed by atoms with Crippen LogP contribution in [0, 0.1) is 20.8 Å². The Hall–Kier alpha value is -1.62. The third-order valence-electron chi connectivity index (χ3n) is 4.14. The van der Waals surface area contributed by atoms with Gasteiger partial charge in [-0.05, 0) is 55.5 Å². The minimum atomic E-state index is -0.500. The number of carbonyl (C=O) groups is 1. The Bertz CT molecular complexity index is 942. The van der Waals surface area contributed by atoms with Crippen molar-refractivity contribution in [2.75, 3.05) is 0 Å². The smallest absolute Gasteiger partial charge is 0.554 e. The van der Waals surface area contributed by atoms with Gasteiger partial charge in [-0.3, -0.25) is 4.79 Å². The summed E-state index contributed by atoms with van der Waals surface area (Å²) in [6, 6.07) is 7.87. The molecule has 0 atom stereocenters. The fourth-order valence-electron chi connectivity index (χ4n) is 2.86. The minimum Gasteiger partial charge on any atom is -0.554 e. The first-order valence-electron chi connectivity index (χ1n) is 7.47. The van der Waals surface area contributed by atoms with Crippen molar-refractivity contribution in [3.05, 3.63) is 56.7 Å². The van der Waals surface area contributed by atoms with E-state index in [0.717, 1.165) is 39.8 Å². The number of carboxylic acid groups (broad SMARTS) is 1. The van der Waals surface area contributed by atoms with E-state index in [1.54, 1.807) is 0 Å². The van der Waals surface area contributed by atoms with Crippen molar-refractivity contribution in [3.63, 3.8) is 0 Å². The summed E-state index contributed by atoms with van der Waals surface area (Å²) in [7, 11) is 0. The van der Waals surface area contributed by atoms with E-state index in [4.69, 9.17) is 14.3 Å². The van der Waals surface area contributed by atoms with E-state index in [0.29, 0.717) is 10.8 Å². The van der Waals surface area contributed by atoms with E-state index in [1.165, 1.54) is 0 Å². The third-order valence-corrected chi connectivity index (χ3v) is 4.14. The van der Waals surface area contributed by atoms with E-state index in [2.05, 4.69) is 19.9 Å². The van der Waals surface area contributed by atoms with Crippen LogP contribution in [-0.2, 0) is 11.2 Å². The molecule has 0 amide bonds. The molecule has 0 saturated carbocycles. The summed E-state index contributed by atoms with van der Waals surface area (Å²) < 4.78 is 6.14. The molecule has 1 aromatic heterocycles. The first-order chi connectivity index (χ1) is 11.0. The van der Waals surface area contributed by atoms with Crippen LogP contribution in [0.1, 0.15) is 29.2 Å². The van der Waals surface area contributed by atoms with Crippen LogP contribution < -0.4 is 40.1 Å². The van der Waals surface area contributed by atoms with Crippen LogP contribution in [0.5, 0.6) is 0 Å². The Balaban J connectivity index is 0.000000671. The number of aryl methyl sites for hydroxylation is 4. The number of hydrogen-bond donors (Lipinski definition) is 0. The molecule has 0 radical (unpaired) electrons. The second-order valence-corrected chi connectivity index (χ2v) is 5.51. The molecule has 24 heavy (non-hydrogen) atoms. The molecule has 0 aliphatic carbocycles. The van der Waals surface area contributed by atoms with Gasteiger partial charge in [-0.15, -0.1) is 0 Å². The Morgan fingerprint density at radius 3 is 2.33 bits per heavy atom. The summed E-state index contributed by atoms with van der Waals surface area (Å²) in [6.45, 7) is 7.62. The van der Waals surface area contributed by atoms with Gasteiger partial charge in [-0.2, -0.15) is 0 Å². The molecule has 0 N–H and O–H groups in total. The van der Waals surface area contributed by atoms with Gasteiger partial charge in [0.05, 0.1) is 10.8 Å². The molecule has 2 aromatic carbocycles. The summed E-state index contributed by atoms with van der Waals surface area (Å²) in [5, 5.41) is 9.65. The molecule has 3 rings (SSSR count). The molecule has 0 saturated heterocycles. The van der Waals surface area contributed by atoms with Gasteiger partial charge < -0.3 is 14.3 Å². The monoisotopic (exact) mass is 334 g/mol. The Morgan fingerprint density at radius 1 is 1.12 bits per heavy atom. The van der Waals surface area contributed by atoms with Gasteiger partial charge in [0, 0.05) is 6.47 Å². The van der Waals surface area contributed by atoms with Gasteiger partial charge in [0.1, 0.15) is 11.2 Å². The largest absolute Gasteiger partial charge is 1.00 e. The van der Waals surface area contributed by atoms with Gasteiger partial charge in [-0.25, -0.2) is 0 Å². The van der Waals surface area contributed by atoms with Crippen molar-refractivity contribution in [2.24, 2.45) is 0 Å². The van der Waals surface area contributed by atoms with Crippen molar-refractivity contribution in [2.45, 2.75) is 34.1 Å². The maximum absolute atomic E-state index is 12.8. The summed E-state index contributed by atoms with van der Waals surface area (Å²) >= 11 is 0. The predicted octanol–water partition coefficient (Wildman–Crippen LogP) is -0.196. The van der Waals surface area contributed by atoms with Crippen molar-refractivity contribution >= 4 is 28.4 Å². The maximum Gasteiger partial charge on any atom is 1.00 e. The van der Waals surface area contributed by atoms with Crippen LogP contribution in [0.25, 0.3) is 21.9 Å². The molecule has 0 aliphatic rings. The van der Waals surface area contributed by atoms with Gasteiger partial charge >= 0.3 is 29.6 Å². The quantitative estimate of drug-likeness (QED) is 0.351. The zero-order valence-electron chi connectivity index (χ0n) is 14.7. The van der Waals surface area contributed by atoms with Gasteiger partial charge in [0.15, 0.2) is 0 Å². The number of benzene rings is 2. The molecular formula is C19H19NaO4. The number of para-hydroxylation sites is 1. The van der Waals surface area contributed by atoms with Gasteiger partial charge in [-0.1, -0.05) is 25.1 Å². The van der Waals surface area contributed by atoms with Crippen molar-refractivity contribution < 1.29 is 43.9 Å². The molecule has 0 unspecified atom stereocenters. The number of rotatable bonds is 1. The average molecular weight is 334 g/mol. The Morgan fingerprint density at radius 2 is 1.75 bits per heavy atom. The second-order valence-electron chi connectivity index (χ2n) is 5.51. The zero-order valence-corrected chi connectivity index (χ0v) is 16.7. The van der Waals surface area contributed by atoms with Crippen molar-refractivity contribution in [1.82, 2.24) is 0 Å². The molecule has 0 aliphatic heterocycles. The topological polar surface area (TPSA) is 70.3 Å². The molecule has 0 fully saturated rings. The molecule has 0 bridgehead atoms. The maximum atomic E-state index is 12.8. The molecule has 1 heterocycles. The molecule has 120 valence electrons. The predicted molar refractivity (Wildman–Crippen MR) is 89.6 cm³/mol. The normalized spacial score (nSPS) is 10.0. The third kappa shape index (κ3) is 3.56. The van der Waals surface area contributed by atoms with Gasteiger partial charge in [0.2, 0.25) is 5.43 Å². The summed E-state index contributed by atoms with van der Waals surface area (Å²) in [5.41, 5.74) is 5.83. The molecule has 3 aromatic rings. The second kappa shape index (κ2) is 8.47. The summed E-state index contributed by atoms with van der Waals surface area (Å²) in [5.74, 6) is 0. The fourth-order valence-corrected chi connectivity index (χ4v) is 2.86. The van der Waals surface area contributed by atoms with E-state index in [-0.39, 0.29) is 35.0 Å². The Kier molecular flexibility index (Phi) is 7.21. The minimum absolute atomic E-state index is 0. The average Bonchev–Trinajstić information content (AvgIpc) is 2.52. The Labute approximate surface area is 162 Å². The van der Waals surface area contributed by atoms with Crippen molar-refractivity contribution in [1.29, 1.82) is 0 Å². The van der Waals surface area contributed by atoms with E-state index in [9.17, 15) is 4.79 Å². The van der Waals surface area contributed by atoms with E-state index < -0.39 is 6.47 Å². The zero-order chi connectivity index (χ0) is 17.1. The van der Waals surface area contributed by atoms with E-state index >= 15 is 0 Å². The van der Waals surface area contributed by atoms with Crippen LogP contribution >= 0.6 is 0 Å². The molecule has 0 spiro atoms. The number of carbonyl (C=O) groups excluding carboxylic acids is 1. The van der Waals surface area contributed by atoms with Crippen molar-refractivity contribution in [3.8, 4) is 0 Å².